The fourth-order valence-corrected chi connectivity index (χ4v) is 7.98. The Bertz CT molecular complexity index is 983. The van der Waals surface area contributed by atoms with Crippen LogP contribution in [-0.2, 0) is 14.3 Å². The zero-order valence-corrected chi connectivity index (χ0v) is 21.3. The summed E-state index contributed by atoms with van der Waals surface area (Å²) in [5, 5.41) is 10.2. The average Bonchev–Trinajstić information content (AvgIpc) is 3.26. The third-order valence-electron chi connectivity index (χ3n) is 8.61. The van der Waals surface area contributed by atoms with Crippen molar-refractivity contribution in [3.05, 3.63) is 53.6 Å². The Morgan fingerprint density at radius 1 is 1.29 bits per heavy atom. The average molecular weight is 485 g/mol. The normalized spacial score (nSPS) is 31.9. The number of carbonyl (C=O) groups is 2. The van der Waals surface area contributed by atoms with Gasteiger partial charge in [0.25, 0.3) is 0 Å². The zero-order valence-electron chi connectivity index (χ0n) is 20.5. The fraction of sp³-hybridized carbons (Fsp3) is 0.571. The van der Waals surface area contributed by atoms with Crippen LogP contribution in [0.5, 0.6) is 0 Å². The van der Waals surface area contributed by atoms with Crippen LogP contribution in [-0.4, -0.2) is 42.6 Å². The number of hydrogen-bond acceptors (Lipinski definition) is 6. The van der Waals surface area contributed by atoms with Gasteiger partial charge in [-0.15, -0.1) is 11.8 Å². The van der Waals surface area contributed by atoms with Gasteiger partial charge in [-0.1, -0.05) is 32.4 Å². The van der Waals surface area contributed by atoms with Crippen LogP contribution >= 0.6 is 11.8 Å². The number of benzene rings is 1. The summed E-state index contributed by atoms with van der Waals surface area (Å²) in [5.41, 5.74) is 2.47. The van der Waals surface area contributed by atoms with E-state index in [1.165, 1.54) is 12.7 Å². The molecule has 6 heteroatoms. The molecule has 0 bridgehead atoms. The van der Waals surface area contributed by atoms with Crippen LogP contribution < -0.4 is 0 Å². The largest absolute Gasteiger partial charge is 0.465 e. The van der Waals surface area contributed by atoms with Gasteiger partial charge in [-0.05, 0) is 85.1 Å². The lowest BCUT2D eigenvalue weighted by Crippen LogP contribution is -2.52. The molecular formula is C28H36O5S. The molecule has 1 aromatic carbocycles. The van der Waals surface area contributed by atoms with E-state index in [-0.39, 0.29) is 40.5 Å². The fourth-order valence-electron chi connectivity index (χ4n) is 6.75. The predicted molar refractivity (Wildman–Crippen MR) is 134 cm³/mol. The van der Waals surface area contributed by atoms with Crippen molar-refractivity contribution in [1.29, 1.82) is 0 Å². The van der Waals surface area contributed by atoms with Crippen molar-refractivity contribution in [3.8, 4) is 0 Å². The zero-order chi connectivity index (χ0) is 24.5. The first-order valence-corrected chi connectivity index (χ1v) is 13.1. The van der Waals surface area contributed by atoms with Crippen LogP contribution in [0.4, 0.5) is 0 Å². The van der Waals surface area contributed by atoms with Gasteiger partial charge in [0.15, 0.2) is 0 Å². The number of esters is 2. The van der Waals surface area contributed by atoms with Crippen molar-refractivity contribution in [3.63, 3.8) is 0 Å². The number of aliphatic hydroxyl groups is 1. The van der Waals surface area contributed by atoms with E-state index in [1.54, 1.807) is 23.9 Å². The summed E-state index contributed by atoms with van der Waals surface area (Å²) >= 11 is 1.65. The Hall–Kier alpha value is -2.05. The highest BCUT2D eigenvalue weighted by atomic mass is 32.2. The molecule has 2 aliphatic carbocycles. The van der Waals surface area contributed by atoms with E-state index in [9.17, 15) is 14.7 Å². The number of thioether (sulfide) groups is 1. The molecule has 1 unspecified atom stereocenters. The van der Waals surface area contributed by atoms with Crippen molar-refractivity contribution in [2.45, 2.75) is 62.5 Å². The molecule has 1 N–H and O–H groups in total. The van der Waals surface area contributed by atoms with Gasteiger partial charge in [-0.3, -0.25) is 0 Å². The number of aliphatic hydroxyl groups excluding tert-OH is 1. The summed E-state index contributed by atoms with van der Waals surface area (Å²) in [7, 11) is 1.37. The SMILES string of the molecule is C=C1CC[C@@H]2[C@](C)(CO)CCC[C@@]2(C)[C@@H]1CC(Sc1ccc(C(=O)OC)cc1)C1=CCOC1=O. The maximum atomic E-state index is 12.6. The molecule has 5 nitrogen and oxygen atoms in total. The Labute approximate surface area is 207 Å². The molecule has 5 atom stereocenters. The minimum Gasteiger partial charge on any atom is -0.465 e. The van der Waals surface area contributed by atoms with E-state index >= 15 is 0 Å². The smallest absolute Gasteiger partial charge is 0.337 e. The Morgan fingerprint density at radius 3 is 2.65 bits per heavy atom. The molecule has 0 saturated heterocycles. The molecule has 0 amide bonds. The Morgan fingerprint density at radius 2 is 2.03 bits per heavy atom. The highest BCUT2D eigenvalue weighted by Crippen LogP contribution is 2.62. The summed E-state index contributed by atoms with van der Waals surface area (Å²) in [5.74, 6) is 0.0924. The van der Waals surface area contributed by atoms with Crippen LogP contribution in [0.3, 0.4) is 0 Å². The van der Waals surface area contributed by atoms with Gasteiger partial charge in [0.2, 0.25) is 0 Å². The topological polar surface area (TPSA) is 72.8 Å². The van der Waals surface area contributed by atoms with E-state index in [0.29, 0.717) is 18.1 Å². The predicted octanol–water partition coefficient (Wildman–Crippen LogP) is 5.58. The highest BCUT2D eigenvalue weighted by molar-refractivity contribution is 8.00. The quantitative estimate of drug-likeness (QED) is 0.309. The second-order valence-corrected chi connectivity index (χ2v) is 11.9. The van der Waals surface area contributed by atoms with Gasteiger partial charge in [-0.2, -0.15) is 0 Å². The number of ether oxygens (including phenoxy) is 2. The maximum absolute atomic E-state index is 12.6. The molecular weight excluding hydrogens is 448 g/mol. The number of methoxy groups -OCH3 is 1. The molecule has 184 valence electrons. The maximum Gasteiger partial charge on any atom is 0.337 e. The first-order valence-electron chi connectivity index (χ1n) is 12.2. The summed E-state index contributed by atoms with van der Waals surface area (Å²) < 4.78 is 10.1. The molecule has 34 heavy (non-hydrogen) atoms. The first kappa shape index (κ1) is 25.1. The summed E-state index contributed by atoms with van der Waals surface area (Å²) in [6.45, 7) is 9.65. The van der Waals surface area contributed by atoms with Crippen LogP contribution in [0, 0.1) is 22.7 Å². The number of rotatable bonds is 7. The molecule has 1 heterocycles. The van der Waals surface area contributed by atoms with Gasteiger partial charge in [0.1, 0.15) is 6.61 Å². The summed E-state index contributed by atoms with van der Waals surface area (Å²) in [4.78, 5) is 25.4. The Kier molecular flexibility index (Phi) is 7.30. The molecule has 0 radical (unpaired) electrons. The van der Waals surface area contributed by atoms with E-state index < -0.39 is 0 Å². The number of allylic oxidation sites excluding steroid dienone is 1. The third kappa shape index (κ3) is 4.59. The molecule has 0 aromatic heterocycles. The molecule has 2 saturated carbocycles. The Balaban J connectivity index is 1.62. The van der Waals surface area contributed by atoms with Crippen LogP contribution in [0.2, 0.25) is 0 Å². The van der Waals surface area contributed by atoms with Crippen molar-refractivity contribution in [2.75, 3.05) is 20.3 Å². The van der Waals surface area contributed by atoms with Gasteiger partial charge in [0.05, 0.1) is 12.7 Å². The van der Waals surface area contributed by atoms with E-state index in [2.05, 4.69) is 20.4 Å². The van der Waals surface area contributed by atoms with Gasteiger partial charge in [-0.25, -0.2) is 9.59 Å². The van der Waals surface area contributed by atoms with Gasteiger partial charge < -0.3 is 14.6 Å². The van der Waals surface area contributed by atoms with E-state index in [1.807, 2.05) is 18.2 Å². The van der Waals surface area contributed by atoms with Crippen molar-refractivity contribution in [2.24, 2.45) is 22.7 Å². The lowest BCUT2D eigenvalue weighted by molar-refractivity contribution is -0.136. The molecule has 0 spiro atoms. The number of cyclic esters (lactones) is 1. The summed E-state index contributed by atoms with van der Waals surface area (Å²) in [6, 6.07) is 7.34. The molecule has 3 aliphatic rings. The lowest BCUT2D eigenvalue weighted by atomic mass is 9.47. The van der Waals surface area contributed by atoms with E-state index in [4.69, 9.17) is 9.47 Å². The number of hydrogen-bond donors (Lipinski definition) is 1. The van der Waals surface area contributed by atoms with Crippen LogP contribution in [0.25, 0.3) is 0 Å². The lowest BCUT2D eigenvalue weighted by Gasteiger charge is -2.58. The third-order valence-corrected chi connectivity index (χ3v) is 9.88. The minimum absolute atomic E-state index is 0.0433. The van der Waals surface area contributed by atoms with Crippen molar-refractivity contribution >= 4 is 23.7 Å². The van der Waals surface area contributed by atoms with Crippen LogP contribution in [0.15, 0.2) is 53.0 Å². The van der Waals surface area contributed by atoms with Gasteiger partial charge >= 0.3 is 11.9 Å². The van der Waals surface area contributed by atoms with Gasteiger partial charge in [0, 0.05) is 22.3 Å². The van der Waals surface area contributed by atoms with Crippen molar-refractivity contribution < 1.29 is 24.2 Å². The minimum atomic E-state index is -0.364. The highest BCUT2D eigenvalue weighted by Gasteiger charge is 2.54. The molecule has 2 fully saturated rings. The van der Waals surface area contributed by atoms with Crippen LogP contribution in [0.1, 0.15) is 62.7 Å². The second kappa shape index (κ2) is 9.90. The first-order chi connectivity index (χ1) is 16.2. The second-order valence-electron chi connectivity index (χ2n) is 10.6. The number of fused-ring (bicyclic) bond motifs is 1. The van der Waals surface area contributed by atoms with Crippen molar-refractivity contribution in [1.82, 2.24) is 0 Å². The monoisotopic (exact) mass is 484 g/mol. The standard InChI is InChI=1S/C28H36O5S/c1-18-6-11-24-27(2,17-29)13-5-14-28(24,3)22(18)16-23(21-12-15-33-26(21)31)34-20-9-7-19(8-10-20)25(30)32-4/h7-10,12,22-24,29H,1,5-6,11,13-17H2,2-4H3/t22-,23?,24-,27+,28+/m1/s1. The summed E-state index contributed by atoms with van der Waals surface area (Å²) in [6.07, 6.45) is 8.03. The molecule has 4 rings (SSSR count). The molecule has 1 aliphatic heterocycles. The number of carbonyl (C=O) groups excluding carboxylic acids is 2. The molecule has 1 aromatic rings. The van der Waals surface area contributed by atoms with E-state index in [0.717, 1.165) is 49.0 Å².